The van der Waals surface area contributed by atoms with Crippen LogP contribution in [-0.2, 0) is 48.0 Å². The van der Waals surface area contributed by atoms with E-state index in [0.29, 0.717) is 57.4 Å². The first kappa shape index (κ1) is 49.4. The first-order valence-electron chi connectivity index (χ1n) is 24.4. The van der Waals surface area contributed by atoms with Gasteiger partial charge in [-0.25, -0.2) is 10.2 Å². The molecule has 2 aromatic carbocycles. The Bertz CT molecular complexity index is 2610. The minimum Gasteiger partial charge on any atom is -0.508 e. The SMILES string of the molecule is CCn1c(-c2cccnc2[C@H](C)OC)c2c3cc(ccc31)-c1cc(O)cc(c1)C[C@H](NC(=O)C(C(C)C)N(C)C(=O)N1CC[C@H](N(C)C(=O)[C@H]3CN3)C1)C(=O)N1CCC[C@H](N1)C(=O)OCC(C)(C)C2. The van der Waals surface area contributed by atoms with Gasteiger partial charge < -0.3 is 44.5 Å². The van der Waals surface area contributed by atoms with Crippen molar-refractivity contribution < 1.29 is 38.6 Å². The van der Waals surface area contributed by atoms with Crippen molar-refractivity contribution in [1.82, 2.24) is 45.3 Å². The number of esters is 1. The number of aromatic nitrogens is 2. The number of benzene rings is 2. The maximum absolute atomic E-state index is 14.8. The zero-order valence-electron chi connectivity index (χ0n) is 41.5. The molecule has 2 aromatic heterocycles. The number of hydrogen-bond acceptors (Lipinski definition) is 11. The van der Waals surface area contributed by atoms with E-state index >= 15 is 0 Å². The van der Waals surface area contributed by atoms with Crippen LogP contribution in [0.5, 0.6) is 5.75 Å². The molecule has 0 saturated carbocycles. The Balaban J connectivity index is 1.16. The maximum atomic E-state index is 14.8. The summed E-state index contributed by atoms with van der Waals surface area (Å²) in [6, 6.07) is 11.9. The lowest BCUT2D eigenvalue weighted by atomic mass is 9.84. The number of likely N-dealkylation sites (N-methyl/N-ethyl adjacent to an activating group) is 2. The first-order chi connectivity index (χ1) is 32.9. The van der Waals surface area contributed by atoms with Gasteiger partial charge in [-0.05, 0) is 104 Å². The second-order valence-corrected chi connectivity index (χ2v) is 20.4. The molecule has 0 radical (unpaired) electrons. The predicted octanol–water partition coefficient (Wildman–Crippen LogP) is 5.03. The molecule has 5 amide bonds. The lowest BCUT2D eigenvalue weighted by Crippen LogP contribution is -2.62. The fourth-order valence-corrected chi connectivity index (χ4v) is 10.5. The summed E-state index contributed by atoms with van der Waals surface area (Å²) in [6.45, 7) is 14.4. The van der Waals surface area contributed by atoms with Gasteiger partial charge in [0, 0.05) is 88.4 Å². The van der Waals surface area contributed by atoms with Gasteiger partial charge >= 0.3 is 12.0 Å². The zero-order valence-corrected chi connectivity index (χ0v) is 41.5. The number of methoxy groups -OCH3 is 1. The van der Waals surface area contributed by atoms with Crippen molar-refractivity contribution in [3.05, 3.63) is 71.5 Å². The molecule has 17 nitrogen and oxygen atoms in total. The predicted molar refractivity (Wildman–Crippen MR) is 262 cm³/mol. The second kappa shape index (κ2) is 20.1. The van der Waals surface area contributed by atoms with Crippen molar-refractivity contribution >= 4 is 40.6 Å². The molecular formula is C52H69N9O8. The third-order valence-corrected chi connectivity index (χ3v) is 14.3. The van der Waals surface area contributed by atoms with Gasteiger partial charge in [0.05, 0.1) is 36.2 Å². The third-order valence-electron chi connectivity index (χ3n) is 14.3. The number of phenols is 1. The molecule has 69 heavy (non-hydrogen) atoms. The largest absolute Gasteiger partial charge is 0.508 e. The van der Waals surface area contributed by atoms with E-state index in [2.05, 4.69) is 59.6 Å². The highest BCUT2D eigenvalue weighted by Crippen LogP contribution is 2.42. The fraction of sp³-hybridized carbons (Fsp3) is 0.538. The Morgan fingerprint density at radius 3 is 2.52 bits per heavy atom. The molecule has 3 saturated heterocycles. The average molecular weight is 948 g/mol. The number of nitrogens with one attached hydrogen (secondary N) is 3. The summed E-state index contributed by atoms with van der Waals surface area (Å²) in [5, 5.41) is 19.8. The van der Waals surface area contributed by atoms with Crippen LogP contribution in [0.1, 0.15) is 83.7 Å². The monoisotopic (exact) mass is 948 g/mol. The number of aromatic hydroxyl groups is 1. The number of fused-ring (bicyclic) bond motifs is 6. The van der Waals surface area contributed by atoms with E-state index in [9.17, 15) is 29.1 Å². The summed E-state index contributed by atoms with van der Waals surface area (Å²) in [5.41, 5.74) is 9.56. The second-order valence-electron chi connectivity index (χ2n) is 20.4. The van der Waals surface area contributed by atoms with Gasteiger partial charge in [-0.2, -0.15) is 0 Å². The van der Waals surface area contributed by atoms with Crippen molar-refractivity contribution in [3.8, 4) is 28.1 Å². The molecular weight excluding hydrogens is 879 g/mol. The van der Waals surface area contributed by atoms with E-state index in [1.54, 1.807) is 49.3 Å². The lowest BCUT2D eigenvalue weighted by molar-refractivity contribution is -0.155. The molecule has 4 aliphatic heterocycles. The number of amides is 5. The summed E-state index contributed by atoms with van der Waals surface area (Å²) in [5.74, 6) is -1.83. The smallest absolute Gasteiger partial charge is 0.324 e. The number of urea groups is 1. The van der Waals surface area contributed by atoms with E-state index in [0.717, 1.165) is 44.5 Å². The molecule has 6 bridgehead atoms. The van der Waals surface area contributed by atoms with Crippen LogP contribution in [-0.4, -0.2) is 148 Å². The highest BCUT2D eigenvalue weighted by atomic mass is 16.5. The number of hydrogen-bond donors (Lipinski definition) is 4. The quantitative estimate of drug-likeness (QED) is 0.123. The van der Waals surface area contributed by atoms with Gasteiger partial charge in [-0.3, -0.25) is 29.2 Å². The van der Waals surface area contributed by atoms with E-state index in [4.69, 9.17) is 14.5 Å². The van der Waals surface area contributed by atoms with Crippen molar-refractivity contribution in [2.75, 3.05) is 54.0 Å². The van der Waals surface area contributed by atoms with Gasteiger partial charge in [0.1, 0.15) is 23.9 Å². The standard InChI is InChI=1S/C52H69N9O8/c1-10-60-43-16-15-33-25-38(43)39(46(60)37-13-11-18-53-44(37)31(4)68-9)26-52(5,6)29-69-50(66)40-14-12-19-61(56-40)49(65)41(23-32-21-34(33)24-36(62)22-32)55-47(63)45(30(2)3)58(8)51(67)59-20-17-35(28-59)57(7)48(64)42-27-54-42/h11,13,15-16,18,21-22,24-25,30-31,35,40-42,45,54,56,62H,10,12,14,17,19-20,23,26-29H2,1-9H3,(H,55,63)/t31-,35-,40-,41-,42+,45?/m0/s1. The van der Waals surface area contributed by atoms with E-state index in [1.165, 1.54) is 9.91 Å². The molecule has 0 aliphatic carbocycles. The number of nitrogens with zero attached hydrogens (tertiary/aromatic N) is 6. The molecule has 370 valence electrons. The Labute approximate surface area is 404 Å². The van der Waals surface area contributed by atoms with Gasteiger partial charge in [0.25, 0.3) is 5.91 Å². The number of phenolic OH excluding ortho intramolecular Hbond substituents is 1. The number of aryl methyl sites for hydroxylation is 1. The van der Waals surface area contributed by atoms with Crippen molar-refractivity contribution in [3.63, 3.8) is 0 Å². The normalized spacial score (nSPS) is 22.5. The van der Waals surface area contributed by atoms with Crippen LogP contribution in [0.2, 0.25) is 0 Å². The van der Waals surface area contributed by atoms with Crippen LogP contribution in [0.25, 0.3) is 33.3 Å². The summed E-state index contributed by atoms with van der Waals surface area (Å²) >= 11 is 0. The number of pyridine rings is 1. The zero-order chi connectivity index (χ0) is 49.5. The lowest BCUT2D eigenvalue weighted by Gasteiger charge is -2.37. The molecule has 3 fully saturated rings. The number of carbonyl (C=O) groups excluding carboxylic acids is 5. The van der Waals surface area contributed by atoms with Crippen LogP contribution in [0, 0.1) is 11.3 Å². The Morgan fingerprint density at radius 1 is 1.04 bits per heavy atom. The Hall–Kier alpha value is -6.04. The molecule has 4 aliphatic rings. The third kappa shape index (κ3) is 10.3. The summed E-state index contributed by atoms with van der Waals surface area (Å²) in [4.78, 5) is 79.9. The number of carbonyl (C=O) groups is 5. The fourth-order valence-electron chi connectivity index (χ4n) is 10.5. The molecule has 8 rings (SSSR count). The molecule has 4 N–H and O–H groups in total. The minimum absolute atomic E-state index is 0.00484. The Kier molecular flexibility index (Phi) is 14.4. The van der Waals surface area contributed by atoms with E-state index in [-0.39, 0.29) is 61.4 Å². The van der Waals surface area contributed by atoms with Gasteiger partial charge in [0.2, 0.25) is 11.8 Å². The number of hydrazine groups is 1. The highest BCUT2D eigenvalue weighted by Gasteiger charge is 2.41. The molecule has 6 heterocycles. The summed E-state index contributed by atoms with van der Waals surface area (Å²) in [7, 11) is 5.03. The molecule has 0 spiro atoms. The van der Waals surface area contributed by atoms with E-state index < -0.39 is 41.3 Å². The van der Waals surface area contributed by atoms with Crippen molar-refractivity contribution in [2.24, 2.45) is 11.3 Å². The summed E-state index contributed by atoms with van der Waals surface area (Å²) in [6.07, 6.45) is 3.59. The van der Waals surface area contributed by atoms with Crippen molar-refractivity contribution in [1.29, 1.82) is 0 Å². The number of likely N-dealkylation sites (tertiary alicyclic amines) is 1. The van der Waals surface area contributed by atoms with Crippen LogP contribution < -0.4 is 16.1 Å². The average Bonchev–Trinajstić information content (AvgIpc) is 3.99. The molecule has 17 heteroatoms. The summed E-state index contributed by atoms with van der Waals surface area (Å²) < 4.78 is 14.2. The first-order valence-corrected chi connectivity index (χ1v) is 24.4. The maximum Gasteiger partial charge on any atom is 0.324 e. The van der Waals surface area contributed by atoms with Gasteiger partial charge in [-0.15, -0.1) is 0 Å². The van der Waals surface area contributed by atoms with Crippen LogP contribution in [0.3, 0.4) is 0 Å². The number of ether oxygens (including phenoxy) is 2. The minimum atomic E-state index is -1.16. The number of rotatable bonds is 10. The Morgan fingerprint density at radius 2 is 1.81 bits per heavy atom. The molecule has 1 unspecified atom stereocenters. The number of cyclic esters (lactones) is 1. The van der Waals surface area contributed by atoms with Gasteiger partial charge in [0.15, 0.2) is 0 Å². The highest BCUT2D eigenvalue weighted by molar-refractivity contribution is 5.96. The van der Waals surface area contributed by atoms with Gasteiger partial charge in [-0.1, -0.05) is 39.8 Å². The molecule has 4 aromatic rings. The topological polar surface area (TPSA) is 201 Å². The van der Waals surface area contributed by atoms with Crippen LogP contribution in [0.15, 0.2) is 54.7 Å². The molecule has 6 atom stereocenters. The van der Waals surface area contributed by atoms with Crippen molar-refractivity contribution in [2.45, 2.75) is 117 Å². The van der Waals surface area contributed by atoms with Crippen LogP contribution >= 0.6 is 0 Å². The van der Waals surface area contributed by atoms with E-state index in [1.807, 2.05) is 39.0 Å². The van der Waals surface area contributed by atoms with Crippen LogP contribution in [0.4, 0.5) is 4.79 Å².